The number of nitrogens with zero attached hydrogens (tertiary/aromatic N) is 3. The van der Waals surface area contributed by atoms with Gasteiger partial charge in [0.05, 0.1) is 12.3 Å². The number of rotatable bonds is 6. The first-order valence-electron chi connectivity index (χ1n) is 7.80. The van der Waals surface area contributed by atoms with Crippen molar-refractivity contribution in [3.8, 4) is 11.4 Å². The standard InChI is InChI=1S/C16H21N5O2/c1-2-21-11-18-20-14(21)12-5-3-4-6-13(12)19-15(23)17-9-16(10-22)7-8-16/h3-6,11,22H,2,7-10H2,1H3,(H2,17,19,23). The molecule has 0 atom stereocenters. The Balaban J connectivity index is 1.72. The van der Waals surface area contributed by atoms with Crippen LogP contribution in [-0.4, -0.2) is 39.1 Å². The molecule has 0 radical (unpaired) electrons. The zero-order chi connectivity index (χ0) is 16.3. The van der Waals surface area contributed by atoms with E-state index in [0.29, 0.717) is 12.2 Å². The summed E-state index contributed by atoms with van der Waals surface area (Å²) >= 11 is 0. The Morgan fingerprint density at radius 2 is 2.17 bits per heavy atom. The topological polar surface area (TPSA) is 92.1 Å². The third-order valence-corrected chi connectivity index (χ3v) is 4.29. The van der Waals surface area contributed by atoms with Crippen LogP contribution in [0.15, 0.2) is 30.6 Å². The Hall–Kier alpha value is -2.41. The van der Waals surface area contributed by atoms with E-state index < -0.39 is 0 Å². The Morgan fingerprint density at radius 1 is 1.39 bits per heavy atom. The normalized spacial score (nSPS) is 15.2. The zero-order valence-electron chi connectivity index (χ0n) is 13.1. The van der Waals surface area contributed by atoms with Crippen LogP contribution in [0.5, 0.6) is 0 Å². The zero-order valence-corrected chi connectivity index (χ0v) is 13.1. The molecule has 1 aliphatic rings. The maximum Gasteiger partial charge on any atom is 0.319 e. The van der Waals surface area contributed by atoms with Crippen LogP contribution < -0.4 is 10.6 Å². The predicted octanol–water partition coefficient (Wildman–Crippen LogP) is 1.86. The van der Waals surface area contributed by atoms with Gasteiger partial charge in [0.2, 0.25) is 0 Å². The molecule has 0 aliphatic heterocycles. The average Bonchev–Trinajstić information content (AvgIpc) is 3.21. The van der Waals surface area contributed by atoms with Crippen LogP contribution in [0.1, 0.15) is 19.8 Å². The Morgan fingerprint density at radius 3 is 2.87 bits per heavy atom. The summed E-state index contributed by atoms with van der Waals surface area (Å²) in [5.41, 5.74) is 1.39. The van der Waals surface area contributed by atoms with Crippen molar-refractivity contribution >= 4 is 11.7 Å². The van der Waals surface area contributed by atoms with Gasteiger partial charge in [0.25, 0.3) is 0 Å². The SMILES string of the molecule is CCn1cnnc1-c1ccccc1NC(=O)NCC1(CO)CC1. The van der Waals surface area contributed by atoms with Crippen LogP contribution in [0, 0.1) is 5.41 Å². The van der Waals surface area contributed by atoms with Gasteiger partial charge in [-0.3, -0.25) is 0 Å². The minimum absolute atomic E-state index is 0.112. The van der Waals surface area contributed by atoms with Gasteiger partial charge in [0, 0.05) is 24.1 Å². The Kier molecular flexibility index (Phi) is 4.29. The van der Waals surface area contributed by atoms with Gasteiger partial charge >= 0.3 is 6.03 Å². The highest BCUT2D eigenvalue weighted by atomic mass is 16.3. The third-order valence-electron chi connectivity index (χ3n) is 4.29. The van der Waals surface area contributed by atoms with Crippen LogP contribution in [0.25, 0.3) is 11.4 Å². The fourth-order valence-electron chi connectivity index (χ4n) is 2.48. The number of hydrogen-bond donors (Lipinski definition) is 3. The summed E-state index contributed by atoms with van der Waals surface area (Å²) in [5.74, 6) is 0.720. The molecule has 0 saturated heterocycles. The lowest BCUT2D eigenvalue weighted by atomic mass is 10.1. The number of para-hydroxylation sites is 1. The first-order chi connectivity index (χ1) is 11.2. The number of carbonyl (C=O) groups is 1. The van der Waals surface area contributed by atoms with Crippen molar-refractivity contribution < 1.29 is 9.90 Å². The van der Waals surface area contributed by atoms with Gasteiger partial charge in [-0.2, -0.15) is 0 Å². The number of hydrogen-bond acceptors (Lipinski definition) is 4. The van der Waals surface area contributed by atoms with Crippen molar-refractivity contribution in [1.82, 2.24) is 20.1 Å². The molecule has 7 heteroatoms. The van der Waals surface area contributed by atoms with Crippen molar-refractivity contribution in [3.63, 3.8) is 0 Å². The summed E-state index contributed by atoms with van der Waals surface area (Å²) in [4.78, 5) is 12.1. The Labute approximate surface area is 134 Å². The molecule has 23 heavy (non-hydrogen) atoms. The summed E-state index contributed by atoms with van der Waals surface area (Å²) in [5, 5.41) is 23.1. The van der Waals surface area contributed by atoms with E-state index in [0.717, 1.165) is 30.8 Å². The molecule has 3 N–H and O–H groups in total. The molecule has 1 aliphatic carbocycles. The number of nitrogens with one attached hydrogen (secondary N) is 2. The van der Waals surface area contributed by atoms with Gasteiger partial charge in [-0.1, -0.05) is 12.1 Å². The number of carbonyl (C=O) groups excluding carboxylic acids is 1. The van der Waals surface area contributed by atoms with Crippen molar-refractivity contribution in [2.45, 2.75) is 26.3 Å². The maximum absolute atomic E-state index is 12.1. The van der Waals surface area contributed by atoms with Crippen LogP contribution in [0.2, 0.25) is 0 Å². The highest BCUT2D eigenvalue weighted by Gasteiger charge is 2.42. The second-order valence-corrected chi connectivity index (χ2v) is 5.95. The summed E-state index contributed by atoms with van der Waals surface area (Å²) in [6.45, 7) is 3.37. The molecular formula is C16H21N5O2. The fraction of sp³-hybridized carbons (Fsp3) is 0.438. The van der Waals surface area contributed by atoms with Crippen LogP contribution >= 0.6 is 0 Å². The molecule has 0 spiro atoms. The second kappa shape index (κ2) is 6.37. The van der Waals surface area contributed by atoms with E-state index in [1.165, 1.54) is 0 Å². The summed E-state index contributed by atoms with van der Waals surface area (Å²) < 4.78 is 1.92. The number of aryl methyl sites for hydroxylation is 1. The van der Waals surface area contributed by atoms with Crippen LogP contribution in [-0.2, 0) is 6.54 Å². The van der Waals surface area contributed by atoms with Crippen molar-refractivity contribution in [3.05, 3.63) is 30.6 Å². The third kappa shape index (κ3) is 3.34. The van der Waals surface area contributed by atoms with E-state index >= 15 is 0 Å². The molecule has 0 unspecified atom stereocenters. The van der Waals surface area contributed by atoms with Crippen molar-refractivity contribution in [1.29, 1.82) is 0 Å². The number of aliphatic hydroxyl groups excluding tert-OH is 1. The number of aromatic nitrogens is 3. The number of anilines is 1. The number of urea groups is 1. The lowest BCUT2D eigenvalue weighted by Gasteiger charge is -2.15. The molecule has 3 rings (SSSR count). The first-order valence-corrected chi connectivity index (χ1v) is 7.80. The number of amides is 2. The molecule has 122 valence electrons. The van der Waals surface area contributed by atoms with E-state index in [9.17, 15) is 9.90 Å². The highest BCUT2D eigenvalue weighted by Crippen LogP contribution is 2.44. The molecule has 1 saturated carbocycles. The van der Waals surface area contributed by atoms with Gasteiger partial charge in [0.1, 0.15) is 6.33 Å². The van der Waals surface area contributed by atoms with E-state index in [1.807, 2.05) is 35.8 Å². The van der Waals surface area contributed by atoms with E-state index in [2.05, 4.69) is 20.8 Å². The maximum atomic E-state index is 12.1. The van der Waals surface area contributed by atoms with Crippen LogP contribution in [0.4, 0.5) is 10.5 Å². The second-order valence-electron chi connectivity index (χ2n) is 5.95. The molecule has 2 amide bonds. The smallest absolute Gasteiger partial charge is 0.319 e. The molecule has 1 heterocycles. The average molecular weight is 315 g/mol. The molecule has 1 aromatic carbocycles. The molecule has 7 nitrogen and oxygen atoms in total. The van der Waals surface area contributed by atoms with Gasteiger partial charge in [-0.15, -0.1) is 10.2 Å². The number of aliphatic hydroxyl groups is 1. The quantitative estimate of drug-likeness (QED) is 0.758. The van der Waals surface area contributed by atoms with Gasteiger partial charge < -0.3 is 20.3 Å². The molecule has 0 bridgehead atoms. The Bertz CT molecular complexity index is 693. The van der Waals surface area contributed by atoms with Gasteiger partial charge in [-0.25, -0.2) is 4.79 Å². The van der Waals surface area contributed by atoms with E-state index in [4.69, 9.17) is 0 Å². The van der Waals surface area contributed by atoms with E-state index in [1.54, 1.807) is 6.33 Å². The highest BCUT2D eigenvalue weighted by molar-refractivity contribution is 5.93. The fourth-order valence-corrected chi connectivity index (χ4v) is 2.48. The number of benzene rings is 1. The first kappa shape index (κ1) is 15.5. The molecule has 2 aromatic rings. The van der Waals surface area contributed by atoms with Crippen LogP contribution in [0.3, 0.4) is 0 Å². The minimum atomic E-state index is -0.278. The lowest BCUT2D eigenvalue weighted by molar-refractivity contribution is 0.206. The van der Waals surface area contributed by atoms with Gasteiger partial charge in [-0.05, 0) is 31.9 Å². The van der Waals surface area contributed by atoms with Crippen molar-refractivity contribution in [2.75, 3.05) is 18.5 Å². The lowest BCUT2D eigenvalue weighted by Crippen LogP contribution is -2.35. The molecular weight excluding hydrogens is 294 g/mol. The monoisotopic (exact) mass is 315 g/mol. The predicted molar refractivity (Wildman–Crippen MR) is 86.9 cm³/mol. The van der Waals surface area contributed by atoms with E-state index in [-0.39, 0.29) is 18.1 Å². The molecule has 1 aromatic heterocycles. The molecule has 1 fully saturated rings. The summed E-state index contributed by atoms with van der Waals surface area (Å²) in [6.07, 6.45) is 3.59. The van der Waals surface area contributed by atoms with Gasteiger partial charge in [0.15, 0.2) is 5.82 Å². The minimum Gasteiger partial charge on any atom is -0.396 e. The van der Waals surface area contributed by atoms with Crippen molar-refractivity contribution in [2.24, 2.45) is 5.41 Å². The summed E-state index contributed by atoms with van der Waals surface area (Å²) in [7, 11) is 0. The summed E-state index contributed by atoms with van der Waals surface area (Å²) in [6, 6.07) is 7.23. The largest absolute Gasteiger partial charge is 0.396 e.